The molecule has 1 aromatic heterocycles. The number of rotatable bonds is 2. The van der Waals surface area contributed by atoms with Crippen LogP contribution < -0.4 is 11.0 Å². The van der Waals surface area contributed by atoms with E-state index in [0.29, 0.717) is 12.1 Å². The molecule has 2 aromatic carbocycles. The Morgan fingerprint density at radius 1 is 1.04 bits per heavy atom. The molecule has 5 heteroatoms. The molecule has 4 rings (SSSR count). The molecule has 1 aliphatic rings. The molecule has 2 heterocycles. The second-order valence-electron chi connectivity index (χ2n) is 6.57. The second kappa shape index (κ2) is 6.26. The zero-order chi connectivity index (χ0) is 18.3. The van der Waals surface area contributed by atoms with Gasteiger partial charge in [0.1, 0.15) is 0 Å². The fourth-order valence-electron chi connectivity index (χ4n) is 3.21. The molecule has 0 saturated heterocycles. The lowest BCUT2D eigenvalue weighted by atomic mass is 9.97. The molecule has 5 nitrogen and oxygen atoms in total. The molecule has 2 N–H and O–H groups in total. The highest BCUT2D eigenvalue weighted by atomic mass is 15.8. The van der Waals surface area contributed by atoms with Crippen LogP contribution in [0.3, 0.4) is 0 Å². The van der Waals surface area contributed by atoms with Crippen LogP contribution in [0.1, 0.15) is 16.8 Å². The van der Waals surface area contributed by atoms with Gasteiger partial charge in [-0.05, 0) is 30.7 Å². The van der Waals surface area contributed by atoms with Crippen molar-refractivity contribution in [3.05, 3.63) is 71.4 Å². The Hall–Kier alpha value is -3.20. The van der Waals surface area contributed by atoms with Crippen LogP contribution in [0.25, 0.3) is 22.4 Å². The van der Waals surface area contributed by atoms with E-state index in [-0.39, 0.29) is 0 Å². The molecule has 0 radical (unpaired) electrons. The van der Waals surface area contributed by atoms with Crippen molar-refractivity contribution in [1.29, 1.82) is 5.26 Å². The third-order valence-electron chi connectivity index (χ3n) is 4.72. The summed E-state index contributed by atoms with van der Waals surface area (Å²) in [5.74, 6) is 6.17. The van der Waals surface area contributed by atoms with Gasteiger partial charge in [-0.25, -0.2) is 21.0 Å². The number of anilines is 1. The van der Waals surface area contributed by atoms with E-state index < -0.39 is 0 Å². The van der Waals surface area contributed by atoms with Gasteiger partial charge < -0.3 is 0 Å². The van der Waals surface area contributed by atoms with E-state index in [1.54, 1.807) is 5.12 Å². The highest BCUT2D eigenvalue weighted by molar-refractivity contribution is 5.84. The van der Waals surface area contributed by atoms with Gasteiger partial charge in [0.15, 0.2) is 0 Å². The van der Waals surface area contributed by atoms with Crippen LogP contribution in [0, 0.1) is 18.3 Å². The molecular formula is C21H19N5. The van der Waals surface area contributed by atoms with E-state index in [2.05, 4.69) is 43.3 Å². The maximum Gasteiger partial charge on any atom is 0.0991 e. The molecule has 0 unspecified atom stereocenters. The number of pyridine rings is 1. The van der Waals surface area contributed by atoms with Crippen molar-refractivity contribution in [2.24, 2.45) is 5.84 Å². The fraction of sp³-hybridized carbons (Fsp3) is 0.143. The van der Waals surface area contributed by atoms with Crippen molar-refractivity contribution >= 4 is 5.69 Å². The lowest BCUT2D eigenvalue weighted by molar-refractivity contribution is 0.325. The summed E-state index contributed by atoms with van der Waals surface area (Å²) in [5.41, 5.74) is 7.72. The Morgan fingerprint density at radius 3 is 2.35 bits per heavy atom. The Bertz CT molecular complexity index is 1000. The van der Waals surface area contributed by atoms with E-state index in [4.69, 9.17) is 16.1 Å². The first-order valence-electron chi connectivity index (χ1n) is 8.44. The third kappa shape index (κ3) is 2.72. The summed E-state index contributed by atoms with van der Waals surface area (Å²) in [6, 6.07) is 20.2. The van der Waals surface area contributed by atoms with Gasteiger partial charge in [-0.1, -0.05) is 42.0 Å². The molecule has 26 heavy (non-hydrogen) atoms. The minimum absolute atomic E-state index is 0.639. The maximum atomic E-state index is 9.06. The summed E-state index contributed by atoms with van der Waals surface area (Å²) in [7, 11) is 1.94. The Morgan fingerprint density at radius 2 is 1.69 bits per heavy atom. The number of hydrogen-bond donors (Lipinski definition) is 1. The number of nitriles is 1. The molecule has 0 aliphatic carbocycles. The van der Waals surface area contributed by atoms with E-state index in [1.807, 2.05) is 36.3 Å². The van der Waals surface area contributed by atoms with Crippen molar-refractivity contribution < 1.29 is 0 Å². The second-order valence-corrected chi connectivity index (χ2v) is 6.57. The number of nitrogens with two attached hydrogens (primary N) is 1. The molecule has 0 fully saturated rings. The van der Waals surface area contributed by atoms with Crippen LogP contribution in [0.5, 0.6) is 0 Å². The largest absolute Gasteiger partial charge is 0.248 e. The average molecular weight is 341 g/mol. The Kier molecular flexibility index (Phi) is 3.92. The molecule has 3 aromatic rings. The number of fused-ring (bicyclic) bond motifs is 1. The lowest BCUT2D eigenvalue weighted by Crippen LogP contribution is -2.40. The number of aryl methyl sites for hydroxylation is 1. The van der Waals surface area contributed by atoms with Crippen LogP contribution in [0.2, 0.25) is 0 Å². The van der Waals surface area contributed by atoms with Gasteiger partial charge in [-0.2, -0.15) is 5.26 Å². The first kappa shape index (κ1) is 16.3. The molecule has 128 valence electrons. The van der Waals surface area contributed by atoms with Gasteiger partial charge in [0, 0.05) is 18.2 Å². The minimum Gasteiger partial charge on any atom is -0.248 e. The van der Waals surface area contributed by atoms with Crippen molar-refractivity contribution in [2.45, 2.75) is 13.5 Å². The predicted octanol–water partition coefficient (Wildman–Crippen LogP) is 3.64. The summed E-state index contributed by atoms with van der Waals surface area (Å²) in [6.45, 7) is 2.75. The smallest absolute Gasteiger partial charge is 0.0991 e. The highest BCUT2D eigenvalue weighted by Gasteiger charge is 2.26. The predicted molar refractivity (Wildman–Crippen MR) is 103 cm³/mol. The van der Waals surface area contributed by atoms with E-state index >= 15 is 0 Å². The van der Waals surface area contributed by atoms with Gasteiger partial charge in [0.05, 0.1) is 35.3 Å². The molecular weight excluding hydrogens is 322 g/mol. The van der Waals surface area contributed by atoms with Crippen LogP contribution in [0.15, 0.2) is 54.6 Å². The van der Waals surface area contributed by atoms with Crippen molar-refractivity contribution in [3.63, 3.8) is 0 Å². The number of hydrazine groups is 2. The van der Waals surface area contributed by atoms with E-state index in [0.717, 1.165) is 33.8 Å². The van der Waals surface area contributed by atoms with Crippen LogP contribution in [-0.4, -0.2) is 17.0 Å². The summed E-state index contributed by atoms with van der Waals surface area (Å²) in [4.78, 5) is 4.94. The van der Waals surface area contributed by atoms with E-state index in [9.17, 15) is 0 Å². The van der Waals surface area contributed by atoms with Crippen molar-refractivity contribution in [3.8, 4) is 28.5 Å². The van der Waals surface area contributed by atoms with Crippen LogP contribution in [-0.2, 0) is 6.54 Å². The Labute approximate surface area is 152 Å². The monoisotopic (exact) mass is 341 g/mol. The molecule has 0 bridgehead atoms. The van der Waals surface area contributed by atoms with Gasteiger partial charge in [-0.3, -0.25) is 0 Å². The molecule has 1 aliphatic heterocycles. The molecule has 0 atom stereocenters. The normalized spacial score (nSPS) is 13.5. The zero-order valence-electron chi connectivity index (χ0n) is 14.8. The number of benzene rings is 2. The minimum atomic E-state index is 0.639. The van der Waals surface area contributed by atoms with Crippen LogP contribution in [0.4, 0.5) is 5.69 Å². The number of hydrogen-bond acceptors (Lipinski definition) is 5. The number of nitrogens with zero attached hydrogens (tertiary/aromatic N) is 4. The van der Waals surface area contributed by atoms with E-state index in [1.165, 1.54) is 5.56 Å². The van der Waals surface area contributed by atoms with Gasteiger partial charge in [0.2, 0.25) is 0 Å². The van der Waals surface area contributed by atoms with Crippen LogP contribution >= 0.6 is 0 Å². The fourth-order valence-corrected chi connectivity index (χ4v) is 3.21. The first-order valence-corrected chi connectivity index (χ1v) is 8.44. The van der Waals surface area contributed by atoms with Gasteiger partial charge in [0.25, 0.3) is 0 Å². The van der Waals surface area contributed by atoms with Gasteiger partial charge >= 0.3 is 0 Å². The SMILES string of the molecule is Cc1ccc(-c2nc3c(cc2-c2ccc(C#N)cc2)N(N)N(C)C3)cc1. The maximum absolute atomic E-state index is 9.06. The van der Waals surface area contributed by atoms with Crippen molar-refractivity contribution in [2.75, 3.05) is 12.2 Å². The average Bonchev–Trinajstić information content (AvgIpc) is 2.95. The first-order chi connectivity index (χ1) is 12.6. The quantitative estimate of drug-likeness (QED) is 0.721. The standard InChI is InChI=1S/C21H19N5/c1-14-3-7-17(8-4-14)21-18(16-9-5-15(12-22)6-10-16)11-20-19(24-21)13-25(2)26(20)23/h3-11H,13,23H2,1-2H3. The molecule has 0 spiro atoms. The summed E-state index contributed by atoms with van der Waals surface area (Å²) >= 11 is 0. The Balaban J connectivity index is 1.92. The summed E-state index contributed by atoms with van der Waals surface area (Å²) in [5, 5.41) is 12.6. The topological polar surface area (TPSA) is 69.2 Å². The molecule has 0 amide bonds. The summed E-state index contributed by atoms with van der Waals surface area (Å²) < 4.78 is 0. The van der Waals surface area contributed by atoms with Crippen molar-refractivity contribution in [1.82, 2.24) is 9.99 Å². The molecule has 0 saturated carbocycles. The highest BCUT2D eigenvalue weighted by Crippen LogP contribution is 2.37. The number of aromatic nitrogens is 1. The van der Waals surface area contributed by atoms with Gasteiger partial charge in [-0.15, -0.1) is 0 Å². The third-order valence-corrected chi connectivity index (χ3v) is 4.72. The lowest BCUT2D eigenvalue weighted by Gasteiger charge is -2.20. The zero-order valence-corrected chi connectivity index (χ0v) is 14.8. The summed E-state index contributed by atoms with van der Waals surface area (Å²) in [6.07, 6.45) is 0.